The maximum atomic E-state index is 13.1. The van der Waals surface area contributed by atoms with Crippen LogP contribution in [0, 0.1) is 6.92 Å². The summed E-state index contributed by atoms with van der Waals surface area (Å²) in [6.07, 6.45) is 1.35. The van der Waals surface area contributed by atoms with Crippen LogP contribution in [0.4, 0.5) is 4.79 Å². The molecule has 0 bridgehead atoms. The van der Waals surface area contributed by atoms with Crippen LogP contribution in [-0.2, 0) is 22.2 Å². The third-order valence-electron chi connectivity index (χ3n) is 5.26. The number of aromatic nitrogens is 1. The van der Waals surface area contributed by atoms with Crippen molar-refractivity contribution < 1.29 is 23.0 Å². The van der Waals surface area contributed by atoms with E-state index in [9.17, 15) is 13.8 Å². The van der Waals surface area contributed by atoms with Crippen LogP contribution in [0.1, 0.15) is 23.1 Å². The maximum Gasteiger partial charge on any atom is 0.322 e. The van der Waals surface area contributed by atoms with E-state index in [0.29, 0.717) is 22.1 Å². The first-order valence-electron chi connectivity index (χ1n) is 10.2. The number of benzene rings is 2. The van der Waals surface area contributed by atoms with Gasteiger partial charge < -0.3 is 14.5 Å². The van der Waals surface area contributed by atoms with Gasteiger partial charge in [-0.05, 0) is 49.4 Å². The summed E-state index contributed by atoms with van der Waals surface area (Å²) in [6.45, 7) is 2.32. The lowest BCUT2D eigenvalue weighted by Gasteiger charge is -2.11. The highest BCUT2D eigenvalue weighted by Crippen LogP contribution is 2.29. The fraction of sp³-hybridized carbons (Fsp3) is 0.125. The van der Waals surface area contributed by atoms with E-state index < -0.39 is 28.8 Å². The highest BCUT2D eigenvalue weighted by Gasteiger charge is 2.36. The summed E-state index contributed by atoms with van der Waals surface area (Å²) >= 11 is 0. The van der Waals surface area contributed by atoms with Gasteiger partial charge in [0, 0.05) is 21.5 Å². The number of ether oxygens (including phenoxy) is 1. The molecule has 9 heteroatoms. The lowest BCUT2D eigenvalue weighted by atomic mass is 10.1. The Balaban J connectivity index is 1.32. The number of fused-ring (bicyclic) bond motifs is 1. The van der Waals surface area contributed by atoms with Gasteiger partial charge in [-0.3, -0.25) is 15.1 Å². The Morgan fingerprint density at radius 1 is 1.09 bits per heavy atom. The summed E-state index contributed by atoms with van der Waals surface area (Å²) in [4.78, 5) is 28.8. The Kier molecular flexibility index (Phi) is 5.39. The highest BCUT2D eigenvalue weighted by molar-refractivity contribution is 7.85. The van der Waals surface area contributed by atoms with Gasteiger partial charge in [0.2, 0.25) is 0 Å². The minimum Gasteiger partial charge on any atom is -0.489 e. The number of imide groups is 1. The van der Waals surface area contributed by atoms with Crippen molar-refractivity contribution in [2.24, 2.45) is 0 Å². The van der Waals surface area contributed by atoms with E-state index in [0.717, 1.165) is 22.2 Å². The van der Waals surface area contributed by atoms with Crippen LogP contribution < -0.4 is 15.4 Å². The zero-order valence-corrected chi connectivity index (χ0v) is 18.3. The number of amides is 3. The molecule has 2 unspecified atom stereocenters. The van der Waals surface area contributed by atoms with E-state index in [4.69, 9.17) is 9.15 Å². The minimum atomic E-state index is -1.61. The fourth-order valence-corrected chi connectivity index (χ4v) is 4.90. The Bertz CT molecular complexity index is 1400. The maximum absolute atomic E-state index is 13.1. The van der Waals surface area contributed by atoms with Gasteiger partial charge in [0.25, 0.3) is 5.91 Å². The van der Waals surface area contributed by atoms with Gasteiger partial charge in [-0.1, -0.05) is 18.2 Å². The van der Waals surface area contributed by atoms with Crippen molar-refractivity contribution in [2.75, 3.05) is 0 Å². The number of carbonyl (C=O) groups excluding carboxylic acids is 2. The molecule has 0 aliphatic carbocycles. The summed E-state index contributed by atoms with van der Waals surface area (Å²) in [6, 6.07) is 16.7. The van der Waals surface area contributed by atoms with Gasteiger partial charge in [-0.15, -0.1) is 0 Å². The van der Waals surface area contributed by atoms with Gasteiger partial charge in [0.1, 0.15) is 12.4 Å². The summed E-state index contributed by atoms with van der Waals surface area (Å²) < 4.78 is 24.4. The molecule has 2 aromatic carbocycles. The number of nitrogens with one attached hydrogen (secondary N) is 2. The molecule has 0 spiro atoms. The molecule has 8 nitrogen and oxygen atoms in total. The van der Waals surface area contributed by atoms with Crippen molar-refractivity contribution >= 4 is 33.6 Å². The average Bonchev–Trinajstić information content (AvgIpc) is 3.42. The normalized spacial score (nSPS) is 16.5. The third-order valence-corrected chi connectivity index (χ3v) is 6.69. The first kappa shape index (κ1) is 20.9. The Morgan fingerprint density at radius 2 is 1.88 bits per heavy atom. The molecule has 2 atom stereocenters. The fourth-order valence-electron chi connectivity index (χ4n) is 3.74. The quantitative estimate of drug-likeness (QED) is 0.423. The molecule has 0 saturated carbocycles. The molecule has 4 aromatic rings. The highest BCUT2D eigenvalue weighted by atomic mass is 32.2. The lowest BCUT2D eigenvalue weighted by Crippen LogP contribution is -2.22. The minimum absolute atomic E-state index is 0.150. The molecule has 33 heavy (non-hydrogen) atoms. The van der Waals surface area contributed by atoms with Gasteiger partial charge in [-0.25, -0.2) is 9.00 Å². The van der Waals surface area contributed by atoms with Crippen LogP contribution in [0.15, 0.2) is 81.1 Å². The number of hydrogen-bond acceptors (Lipinski definition) is 6. The second-order valence-electron chi connectivity index (χ2n) is 7.51. The van der Waals surface area contributed by atoms with Crippen LogP contribution in [0.5, 0.6) is 5.75 Å². The van der Waals surface area contributed by atoms with Crippen LogP contribution in [0.3, 0.4) is 0 Å². The van der Waals surface area contributed by atoms with Crippen molar-refractivity contribution in [1.29, 1.82) is 0 Å². The van der Waals surface area contributed by atoms with Crippen molar-refractivity contribution in [1.82, 2.24) is 15.6 Å². The van der Waals surface area contributed by atoms with Crippen LogP contribution in [-0.4, -0.2) is 21.1 Å². The van der Waals surface area contributed by atoms with Crippen LogP contribution in [0.2, 0.25) is 0 Å². The average molecular weight is 461 g/mol. The molecule has 166 valence electrons. The van der Waals surface area contributed by atoms with Crippen molar-refractivity contribution in [3.8, 4) is 5.75 Å². The largest absolute Gasteiger partial charge is 0.489 e. The number of pyridine rings is 1. The molecule has 2 aromatic heterocycles. The molecule has 3 amide bonds. The van der Waals surface area contributed by atoms with Gasteiger partial charge in [0.15, 0.2) is 11.8 Å². The zero-order valence-electron chi connectivity index (χ0n) is 17.5. The summed E-state index contributed by atoms with van der Waals surface area (Å²) in [5.41, 5.74) is 2.87. The smallest absolute Gasteiger partial charge is 0.322 e. The number of para-hydroxylation sites is 1. The number of furan rings is 1. The van der Waals surface area contributed by atoms with Crippen LogP contribution in [0.25, 0.3) is 10.9 Å². The molecule has 1 aliphatic heterocycles. The van der Waals surface area contributed by atoms with E-state index in [2.05, 4.69) is 15.6 Å². The Hall–Kier alpha value is -3.98. The van der Waals surface area contributed by atoms with Gasteiger partial charge in [-0.2, -0.15) is 0 Å². The molecule has 1 aliphatic rings. The molecular weight excluding hydrogens is 442 g/mol. The van der Waals surface area contributed by atoms with Gasteiger partial charge in [0.05, 0.1) is 27.5 Å². The second-order valence-corrected chi connectivity index (χ2v) is 8.96. The molecule has 1 saturated heterocycles. The summed E-state index contributed by atoms with van der Waals surface area (Å²) in [7, 11) is -1.61. The van der Waals surface area contributed by atoms with E-state index in [-0.39, 0.29) is 5.76 Å². The second kappa shape index (κ2) is 8.51. The molecule has 1 fully saturated rings. The standard InChI is InChI=1S/C24H19N3O5S/c1-14-12-15(18-4-2-3-5-19(18)25-14)13-32-16-6-8-17(9-7-16)33(30)20-10-11-31-22(20)21-23(28)27-24(29)26-21/h2-12,21H,13H2,1H3,(H2,26,27,28,29). The third kappa shape index (κ3) is 4.10. The van der Waals surface area contributed by atoms with E-state index in [1.54, 1.807) is 24.3 Å². The number of aryl methyl sites for hydroxylation is 1. The van der Waals surface area contributed by atoms with Crippen LogP contribution >= 0.6 is 0 Å². The first-order chi connectivity index (χ1) is 16.0. The van der Waals surface area contributed by atoms with Gasteiger partial charge >= 0.3 is 6.03 Å². The van der Waals surface area contributed by atoms with Crippen molar-refractivity contribution in [3.63, 3.8) is 0 Å². The summed E-state index contributed by atoms with van der Waals surface area (Å²) in [5, 5.41) is 5.64. The van der Waals surface area contributed by atoms with Crippen molar-refractivity contribution in [3.05, 3.63) is 83.9 Å². The summed E-state index contributed by atoms with van der Waals surface area (Å²) in [5.74, 6) is 0.233. The van der Waals surface area contributed by atoms with E-state index >= 15 is 0 Å². The number of urea groups is 1. The molecule has 5 rings (SSSR count). The Morgan fingerprint density at radius 3 is 2.64 bits per heavy atom. The number of hydrogen-bond donors (Lipinski definition) is 2. The zero-order chi connectivity index (χ0) is 22.9. The number of carbonyl (C=O) groups is 2. The molecule has 0 radical (unpaired) electrons. The van der Waals surface area contributed by atoms with Crippen molar-refractivity contribution in [2.45, 2.75) is 29.4 Å². The van der Waals surface area contributed by atoms with E-state index in [1.165, 1.54) is 12.3 Å². The topological polar surface area (TPSA) is 111 Å². The predicted molar refractivity (Wildman–Crippen MR) is 120 cm³/mol. The predicted octanol–water partition coefficient (Wildman–Crippen LogP) is 3.76. The number of rotatable bonds is 6. The number of nitrogens with zero attached hydrogens (tertiary/aromatic N) is 1. The SMILES string of the molecule is Cc1cc(COc2ccc(S(=O)c3ccoc3C3NC(=O)NC3=O)cc2)c2ccccc2n1. The lowest BCUT2D eigenvalue weighted by molar-refractivity contribution is -0.120. The molecule has 2 N–H and O–H groups in total. The first-order valence-corrected chi connectivity index (χ1v) is 11.3. The van der Waals surface area contributed by atoms with E-state index in [1.807, 2.05) is 37.3 Å². The molecular formula is C24H19N3O5S. The Labute approximate surface area is 191 Å². The monoisotopic (exact) mass is 461 g/mol. The molecule has 3 heterocycles.